The molecule has 0 fully saturated rings. The summed E-state index contributed by atoms with van der Waals surface area (Å²) < 4.78 is 5.56. The summed E-state index contributed by atoms with van der Waals surface area (Å²) in [6.07, 6.45) is -1.10. The Bertz CT molecular complexity index is 790. The van der Waals surface area contributed by atoms with E-state index in [4.69, 9.17) is 27.9 Å². The van der Waals surface area contributed by atoms with Gasteiger partial charge < -0.3 is 10.1 Å². The van der Waals surface area contributed by atoms with Gasteiger partial charge in [-0.1, -0.05) is 29.3 Å². The molecule has 0 spiro atoms. The lowest BCUT2D eigenvalue weighted by Crippen LogP contribution is -2.30. The second kappa shape index (κ2) is 8.99. The predicted octanol–water partition coefficient (Wildman–Crippen LogP) is 4.59. The van der Waals surface area contributed by atoms with Gasteiger partial charge in [0.1, 0.15) is 0 Å². The molecule has 8 heteroatoms. The molecule has 0 aliphatic rings. The van der Waals surface area contributed by atoms with Gasteiger partial charge in [0.2, 0.25) is 0 Å². The van der Waals surface area contributed by atoms with Crippen LogP contribution < -0.4 is 5.32 Å². The van der Waals surface area contributed by atoms with Gasteiger partial charge in [0.15, 0.2) is 11.9 Å². The third-order valence-electron chi connectivity index (χ3n) is 3.17. The maximum absolute atomic E-state index is 12.0. The highest BCUT2D eigenvalue weighted by atomic mass is 35.5. The molecule has 1 amide bonds. The molecule has 132 valence electrons. The Morgan fingerprint density at radius 3 is 2.56 bits per heavy atom. The van der Waals surface area contributed by atoms with Gasteiger partial charge in [0.25, 0.3) is 5.91 Å². The molecule has 5 nitrogen and oxygen atoms in total. The zero-order chi connectivity index (χ0) is 18.4. The minimum Gasteiger partial charge on any atom is -0.453 e. The van der Waals surface area contributed by atoms with Crippen LogP contribution >= 0.6 is 34.5 Å². The summed E-state index contributed by atoms with van der Waals surface area (Å²) in [6, 6.07) is 9.86. The molecule has 1 heterocycles. The number of thiophene rings is 1. The van der Waals surface area contributed by atoms with E-state index < -0.39 is 18.0 Å². The van der Waals surface area contributed by atoms with Gasteiger partial charge in [0.05, 0.1) is 15.6 Å². The van der Waals surface area contributed by atoms with Crippen molar-refractivity contribution in [2.45, 2.75) is 25.9 Å². The first-order valence-electron chi connectivity index (χ1n) is 7.39. The van der Waals surface area contributed by atoms with Crippen LogP contribution in [0, 0.1) is 0 Å². The lowest BCUT2D eigenvalue weighted by atomic mass is 10.2. The number of anilines is 1. The number of benzene rings is 1. The van der Waals surface area contributed by atoms with Crippen molar-refractivity contribution in [3.63, 3.8) is 0 Å². The van der Waals surface area contributed by atoms with Crippen LogP contribution in [0.4, 0.5) is 5.69 Å². The van der Waals surface area contributed by atoms with Gasteiger partial charge in [0, 0.05) is 17.1 Å². The molecule has 1 aromatic carbocycles. The van der Waals surface area contributed by atoms with E-state index in [0.29, 0.717) is 19.9 Å². The number of amides is 1. The van der Waals surface area contributed by atoms with Crippen molar-refractivity contribution in [2.24, 2.45) is 0 Å². The molecule has 25 heavy (non-hydrogen) atoms. The van der Waals surface area contributed by atoms with Crippen molar-refractivity contribution >= 4 is 57.9 Å². The molecule has 0 aliphatic carbocycles. The Labute approximate surface area is 158 Å². The standard InChI is InChI=1S/C17H15Cl2NO4S/c1-10(17(23)20-12-4-2-3-11(18)9-12)24-16(22)8-5-13(21)14-6-7-15(19)25-14/h2-4,6-7,9-10H,5,8H2,1H3,(H,20,23)/t10-/m1/s1. The molecule has 1 N–H and O–H groups in total. The highest BCUT2D eigenvalue weighted by Gasteiger charge is 2.19. The van der Waals surface area contributed by atoms with Crippen LogP contribution in [0.25, 0.3) is 0 Å². The second-order valence-electron chi connectivity index (χ2n) is 5.16. The molecular formula is C17H15Cl2NO4S. The minimum absolute atomic E-state index is 0.00168. The largest absolute Gasteiger partial charge is 0.453 e. The summed E-state index contributed by atoms with van der Waals surface area (Å²) in [5, 5.41) is 3.08. The number of carbonyl (C=O) groups is 3. The van der Waals surface area contributed by atoms with Crippen LogP contribution in [0.5, 0.6) is 0 Å². The number of hydrogen-bond donors (Lipinski definition) is 1. The molecule has 0 saturated carbocycles. The number of ketones is 1. The SMILES string of the molecule is C[C@@H](OC(=O)CCC(=O)c1ccc(Cl)s1)C(=O)Nc1cccc(Cl)c1. The first-order chi connectivity index (χ1) is 11.8. The monoisotopic (exact) mass is 399 g/mol. The fourth-order valence-electron chi connectivity index (χ4n) is 1.92. The van der Waals surface area contributed by atoms with E-state index in [0.717, 1.165) is 11.3 Å². The third-order valence-corrected chi connectivity index (χ3v) is 4.68. The van der Waals surface area contributed by atoms with Crippen molar-refractivity contribution in [3.05, 3.63) is 50.6 Å². The van der Waals surface area contributed by atoms with E-state index >= 15 is 0 Å². The number of nitrogens with one attached hydrogen (secondary N) is 1. The van der Waals surface area contributed by atoms with Gasteiger partial charge in [-0.05, 0) is 37.3 Å². The number of rotatable bonds is 7. The molecule has 0 radical (unpaired) electrons. The topological polar surface area (TPSA) is 72.5 Å². The summed E-state index contributed by atoms with van der Waals surface area (Å²) in [6.45, 7) is 1.46. The fourth-order valence-corrected chi connectivity index (χ4v) is 3.12. The first-order valence-corrected chi connectivity index (χ1v) is 8.97. The highest BCUT2D eigenvalue weighted by molar-refractivity contribution is 7.18. The van der Waals surface area contributed by atoms with Crippen molar-refractivity contribution < 1.29 is 19.1 Å². The van der Waals surface area contributed by atoms with Gasteiger partial charge in [-0.2, -0.15) is 0 Å². The molecule has 0 aliphatic heterocycles. The van der Waals surface area contributed by atoms with E-state index in [9.17, 15) is 14.4 Å². The minimum atomic E-state index is -0.988. The van der Waals surface area contributed by atoms with Crippen LogP contribution in [0.15, 0.2) is 36.4 Å². The molecule has 2 rings (SSSR count). The van der Waals surface area contributed by atoms with Gasteiger partial charge >= 0.3 is 5.97 Å². The van der Waals surface area contributed by atoms with E-state index in [-0.39, 0.29) is 18.6 Å². The lowest BCUT2D eigenvalue weighted by molar-refractivity contribution is -0.153. The summed E-state index contributed by atoms with van der Waals surface area (Å²) in [5.41, 5.74) is 0.505. The van der Waals surface area contributed by atoms with E-state index in [1.54, 1.807) is 36.4 Å². The fraction of sp³-hybridized carbons (Fsp3) is 0.235. The van der Waals surface area contributed by atoms with E-state index in [1.165, 1.54) is 6.92 Å². The Morgan fingerprint density at radius 1 is 1.16 bits per heavy atom. The normalized spacial score (nSPS) is 11.6. The van der Waals surface area contributed by atoms with E-state index in [1.807, 2.05) is 0 Å². The molecule has 0 bridgehead atoms. The van der Waals surface area contributed by atoms with Crippen LogP contribution in [0.2, 0.25) is 9.36 Å². The quantitative estimate of drug-likeness (QED) is 0.545. The summed E-state index contributed by atoms with van der Waals surface area (Å²) >= 11 is 12.8. The highest BCUT2D eigenvalue weighted by Crippen LogP contribution is 2.23. The van der Waals surface area contributed by atoms with Crippen LogP contribution in [-0.4, -0.2) is 23.8 Å². The Kier molecular flexibility index (Phi) is 6.99. The number of ether oxygens (including phenoxy) is 1. The maximum atomic E-state index is 12.0. The Hall–Kier alpha value is -1.89. The van der Waals surface area contributed by atoms with Gasteiger partial charge in [-0.3, -0.25) is 14.4 Å². The van der Waals surface area contributed by atoms with Crippen LogP contribution in [0.3, 0.4) is 0 Å². The van der Waals surface area contributed by atoms with Crippen molar-refractivity contribution in [3.8, 4) is 0 Å². The zero-order valence-electron chi connectivity index (χ0n) is 13.3. The molecule has 0 unspecified atom stereocenters. The maximum Gasteiger partial charge on any atom is 0.307 e. The van der Waals surface area contributed by atoms with Gasteiger partial charge in [-0.25, -0.2) is 0 Å². The second-order valence-corrected chi connectivity index (χ2v) is 7.31. The molecule has 2 aromatic rings. The third kappa shape index (κ3) is 6.16. The first kappa shape index (κ1) is 19.4. The molecule has 1 aromatic heterocycles. The summed E-state index contributed by atoms with van der Waals surface area (Å²) in [5.74, 6) is -1.29. The van der Waals surface area contributed by atoms with Crippen molar-refractivity contribution in [1.82, 2.24) is 0 Å². The number of esters is 1. The zero-order valence-corrected chi connectivity index (χ0v) is 15.6. The molecule has 1 atom stereocenters. The van der Waals surface area contributed by atoms with Crippen molar-refractivity contribution in [2.75, 3.05) is 5.32 Å². The predicted molar refractivity (Wildman–Crippen MR) is 98.5 cm³/mol. The Balaban J connectivity index is 1.79. The lowest BCUT2D eigenvalue weighted by Gasteiger charge is -2.13. The van der Waals surface area contributed by atoms with Crippen LogP contribution in [-0.2, 0) is 14.3 Å². The van der Waals surface area contributed by atoms with E-state index in [2.05, 4.69) is 5.32 Å². The average molecular weight is 400 g/mol. The number of carbonyl (C=O) groups excluding carboxylic acids is 3. The summed E-state index contributed by atoms with van der Waals surface area (Å²) in [4.78, 5) is 36.2. The van der Waals surface area contributed by atoms with Crippen LogP contribution in [0.1, 0.15) is 29.4 Å². The number of hydrogen-bond acceptors (Lipinski definition) is 5. The summed E-state index contributed by atoms with van der Waals surface area (Å²) in [7, 11) is 0. The number of Topliss-reactive ketones (excluding diaryl/α,β-unsaturated/α-hetero) is 1. The smallest absolute Gasteiger partial charge is 0.307 e. The van der Waals surface area contributed by atoms with Crippen molar-refractivity contribution in [1.29, 1.82) is 0 Å². The molecular weight excluding hydrogens is 385 g/mol. The van der Waals surface area contributed by atoms with Gasteiger partial charge in [-0.15, -0.1) is 11.3 Å². The Morgan fingerprint density at radius 2 is 1.92 bits per heavy atom. The molecule has 0 saturated heterocycles. The number of halogens is 2. The average Bonchev–Trinajstić information content (AvgIpc) is 2.99.